The summed E-state index contributed by atoms with van der Waals surface area (Å²) >= 11 is 0. The number of hydrogen-bond acceptors (Lipinski definition) is 3. The molecule has 4 heteroatoms. The predicted octanol–water partition coefficient (Wildman–Crippen LogP) is 0.215. The van der Waals surface area contributed by atoms with Crippen LogP contribution in [0.2, 0.25) is 0 Å². The summed E-state index contributed by atoms with van der Waals surface area (Å²) in [6, 6.07) is 0.214. The third kappa shape index (κ3) is 5.19. The van der Waals surface area contributed by atoms with Gasteiger partial charge in [0.15, 0.2) is 0 Å². The summed E-state index contributed by atoms with van der Waals surface area (Å²) in [5.41, 5.74) is 0. The molecule has 14 heavy (non-hydrogen) atoms. The molecule has 0 aromatic heterocycles. The van der Waals surface area contributed by atoms with E-state index >= 15 is 0 Å². The van der Waals surface area contributed by atoms with Crippen LogP contribution in [-0.4, -0.2) is 48.7 Å². The average Bonchev–Trinajstić information content (AvgIpc) is 2.14. The van der Waals surface area contributed by atoms with Crippen molar-refractivity contribution >= 4 is 5.91 Å². The normalized spacial score (nSPS) is 10.6. The zero-order chi connectivity index (χ0) is 11.0. The first-order chi connectivity index (χ1) is 6.63. The highest BCUT2D eigenvalue weighted by molar-refractivity contribution is 5.76. The number of rotatable bonds is 7. The highest BCUT2D eigenvalue weighted by atomic mass is 16.3. The molecule has 84 valence electrons. The fourth-order valence-electron chi connectivity index (χ4n) is 1.29. The highest BCUT2D eigenvalue weighted by Crippen LogP contribution is 2.02. The molecular weight excluding hydrogens is 180 g/mol. The van der Waals surface area contributed by atoms with Gasteiger partial charge in [-0.05, 0) is 27.3 Å². The quantitative estimate of drug-likeness (QED) is 0.621. The lowest BCUT2D eigenvalue weighted by atomic mass is 10.2. The topological polar surface area (TPSA) is 52.6 Å². The molecule has 0 spiro atoms. The van der Waals surface area contributed by atoms with Crippen molar-refractivity contribution in [2.24, 2.45) is 0 Å². The predicted molar refractivity (Wildman–Crippen MR) is 57.1 cm³/mol. The van der Waals surface area contributed by atoms with Gasteiger partial charge in [-0.25, -0.2) is 0 Å². The molecule has 0 bridgehead atoms. The molecule has 0 aliphatic heterocycles. The SMILES string of the molecule is CNCCC(=O)N(CCCO)C(C)C. The minimum Gasteiger partial charge on any atom is -0.396 e. The van der Waals surface area contributed by atoms with Crippen molar-refractivity contribution in [3.63, 3.8) is 0 Å². The van der Waals surface area contributed by atoms with Crippen molar-refractivity contribution in [3.05, 3.63) is 0 Å². The third-order valence-corrected chi connectivity index (χ3v) is 2.09. The lowest BCUT2D eigenvalue weighted by Gasteiger charge is -2.26. The fraction of sp³-hybridized carbons (Fsp3) is 0.900. The minimum absolute atomic E-state index is 0.141. The Balaban J connectivity index is 3.98. The number of aliphatic hydroxyl groups is 1. The van der Waals surface area contributed by atoms with Crippen LogP contribution in [0.5, 0.6) is 0 Å². The Bertz CT molecular complexity index is 160. The van der Waals surface area contributed by atoms with Gasteiger partial charge >= 0.3 is 0 Å². The van der Waals surface area contributed by atoms with Crippen LogP contribution in [0.15, 0.2) is 0 Å². The lowest BCUT2D eigenvalue weighted by Crippen LogP contribution is -2.39. The van der Waals surface area contributed by atoms with Crippen molar-refractivity contribution in [3.8, 4) is 0 Å². The highest BCUT2D eigenvalue weighted by Gasteiger charge is 2.15. The molecule has 0 saturated carbocycles. The van der Waals surface area contributed by atoms with E-state index in [1.165, 1.54) is 0 Å². The van der Waals surface area contributed by atoms with Crippen molar-refractivity contribution in [2.45, 2.75) is 32.7 Å². The molecule has 0 rings (SSSR count). The molecule has 4 nitrogen and oxygen atoms in total. The van der Waals surface area contributed by atoms with Gasteiger partial charge in [0, 0.05) is 32.2 Å². The van der Waals surface area contributed by atoms with Crippen LogP contribution in [0.4, 0.5) is 0 Å². The van der Waals surface area contributed by atoms with Crippen LogP contribution in [0, 0.1) is 0 Å². The maximum absolute atomic E-state index is 11.7. The molecule has 0 atom stereocenters. The van der Waals surface area contributed by atoms with E-state index in [1.54, 1.807) is 0 Å². The minimum atomic E-state index is 0.141. The number of nitrogens with one attached hydrogen (secondary N) is 1. The Morgan fingerprint density at radius 2 is 2.14 bits per heavy atom. The van der Waals surface area contributed by atoms with Gasteiger partial charge in [-0.1, -0.05) is 0 Å². The zero-order valence-corrected chi connectivity index (χ0v) is 9.42. The fourth-order valence-corrected chi connectivity index (χ4v) is 1.29. The molecule has 0 unspecified atom stereocenters. The first-order valence-electron chi connectivity index (χ1n) is 5.18. The van der Waals surface area contributed by atoms with Crippen molar-refractivity contribution in [1.82, 2.24) is 10.2 Å². The Labute approximate surface area is 86.3 Å². The molecular formula is C10H22N2O2. The van der Waals surface area contributed by atoms with E-state index in [1.807, 2.05) is 25.8 Å². The molecule has 2 N–H and O–H groups in total. The average molecular weight is 202 g/mol. The van der Waals surface area contributed by atoms with Crippen molar-refractivity contribution in [2.75, 3.05) is 26.7 Å². The van der Waals surface area contributed by atoms with E-state index in [0.717, 1.165) is 0 Å². The molecule has 0 radical (unpaired) electrons. The summed E-state index contributed by atoms with van der Waals surface area (Å²) in [7, 11) is 1.83. The van der Waals surface area contributed by atoms with E-state index < -0.39 is 0 Å². The summed E-state index contributed by atoms with van der Waals surface area (Å²) in [5, 5.41) is 11.7. The second-order valence-electron chi connectivity index (χ2n) is 3.61. The molecule has 0 aliphatic carbocycles. The molecule has 0 fully saturated rings. The molecule has 1 amide bonds. The summed E-state index contributed by atoms with van der Waals surface area (Å²) in [6.45, 7) is 5.49. The van der Waals surface area contributed by atoms with Crippen LogP contribution in [0.25, 0.3) is 0 Å². The maximum atomic E-state index is 11.7. The number of aliphatic hydroxyl groups excluding tert-OH is 1. The van der Waals surface area contributed by atoms with E-state index in [2.05, 4.69) is 5.32 Å². The van der Waals surface area contributed by atoms with E-state index in [4.69, 9.17) is 5.11 Å². The second-order valence-corrected chi connectivity index (χ2v) is 3.61. The molecule has 0 heterocycles. The number of carbonyl (C=O) groups is 1. The zero-order valence-electron chi connectivity index (χ0n) is 9.42. The first-order valence-corrected chi connectivity index (χ1v) is 5.18. The molecule has 0 aromatic carbocycles. The Hall–Kier alpha value is -0.610. The summed E-state index contributed by atoms with van der Waals surface area (Å²) < 4.78 is 0. The van der Waals surface area contributed by atoms with Crippen LogP contribution in [0.1, 0.15) is 26.7 Å². The molecule has 0 aliphatic rings. The first kappa shape index (κ1) is 13.4. The van der Waals surface area contributed by atoms with Crippen molar-refractivity contribution in [1.29, 1.82) is 0 Å². The standard InChI is InChI=1S/C10H22N2O2/c1-9(2)12(7-4-8-13)10(14)5-6-11-3/h9,11,13H,4-8H2,1-3H3. The number of hydrogen-bond donors (Lipinski definition) is 2. The van der Waals surface area contributed by atoms with Crippen LogP contribution in [0.3, 0.4) is 0 Å². The van der Waals surface area contributed by atoms with Gasteiger partial charge in [-0.15, -0.1) is 0 Å². The summed E-state index contributed by atoms with van der Waals surface area (Å²) in [6.07, 6.45) is 1.18. The Kier molecular flexibility index (Phi) is 7.42. The van der Waals surface area contributed by atoms with Crippen LogP contribution < -0.4 is 5.32 Å². The molecule has 0 saturated heterocycles. The van der Waals surface area contributed by atoms with E-state index in [0.29, 0.717) is 25.9 Å². The smallest absolute Gasteiger partial charge is 0.224 e. The second kappa shape index (κ2) is 7.76. The Morgan fingerprint density at radius 3 is 2.57 bits per heavy atom. The van der Waals surface area contributed by atoms with Gasteiger partial charge in [0.05, 0.1) is 0 Å². The number of nitrogens with zero attached hydrogens (tertiary/aromatic N) is 1. The van der Waals surface area contributed by atoms with Crippen LogP contribution >= 0.6 is 0 Å². The Morgan fingerprint density at radius 1 is 1.50 bits per heavy atom. The van der Waals surface area contributed by atoms with E-state index in [9.17, 15) is 4.79 Å². The third-order valence-electron chi connectivity index (χ3n) is 2.09. The number of amides is 1. The van der Waals surface area contributed by atoms with E-state index in [-0.39, 0.29) is 18.6 Å². The van der Waals surface area contributed by atoms with Gasteiger partial charge in [0.1, 0.15) is 0 Å². The summed E-state index contributed by atoms with van der Waals surface area (Å²) in [5.74, 6) is 0.155. The number of carbonyl (C=O) groups excluding carboxylic acids is 1. The monoisotopic (exact) mass is 202 g/mol. The van der Waals surface area contributed by atoms with Crippen LogP contribution in [-0.2, 0) is 4.79 Å². The maximum Gasteiger partial charge on any atom is 0.224 e. The van der Waals surface area contributed by atoms with Gasteiger partial charge in [-0.2, -0.15) is 0 Å². The lowest BCUT2D eigenvalue weighted by molar-refractivity contribution is -0.132. The van der Waals surface area contributed by atoms with Gasteiger partial charge in [0.25, 0.3) is 0 Å². The van der Waals surface area contributed by atoms with Gasteiger partial charge < -0.3 is 15.3 Å². The van der Waals surface area contributed by atoms with Crippen molar-refractivity contribution < 1.29 is 9.90 Å². The van der Waals surface area contributed by atoms with Gasteiger partial charge in [-0.3, -0.25) is 4.79 Å². The molecule has 0 aromatic rings. The largest absolute Gasteiger partial charge is 0.396 e. The summed E-state index contributed by atoms with van der Waals surface area (Å²) in [4.78, 5) is 13.5. The van der Waals surface area contributed by atoms with Gasteiger partial charge in [0.2, 0.25) is 5.91 Å².